The van der Waals surface area contributed by atoms with Crippen molar-refractivity contribution in [1.82, 2.24) is 0 Å². The molecule has 0 bridgehead atoms. The van der Waals surface area contributed by atoms with E-state index in [-0.39, 0.29) is 0 Å². The lowest BCUT2D eigenvalue weighted by Gasteiger charge is -2.12. The molecule has 1 atom stereocenters. The van der Waals surface area contributed by atoms with Gasteiger partial charge >= 0.3 is 5.97 Å². The first-order chi connectivity index (χ1) is 7.67. The van der Waals surface area contributed by atoms with Crippen LogP contribution in [0.5, 0.6) is 0 Å². The normalized spacial score (nSPS) is 11.5. The van der Waals surface area contributed by atoms with Crippen molar-refractivity contribution in [2.75, 3.05) is 11.9 Å². The quantitative estimate of drug-likeness (QED) is 0.793. The Morgan fingerprint density at radius 2 is 2.38 bits per heavy atom. The molecule has 0 aliphatic carbocycles. The molecule has 16 heavy (non-hydrogen) atoms. The lowest BCUT2D eigenvalue weighted by atomic mass is 10.1. The summed E-state index contributed by atoms with van der Waals surface area (Å²) < 4.78 is 0. The fourth-order valence-corrected chi connectivity index (χ4v) is 1.35. The van der Waals surface area contributed by atoms with Crippen LogP contribution in [-0.4, -0.2) is 17.6 Å². The molecule has 1 rings (SSSR count). The van der Waals surface area contributed by atoms with Crippen molar-refractivity contribution in [3.8, 4) is 6.07 Å². The molecule has 0 radical (unpaired) electrons. The molecule has 0 aromatic heterocycles. The minimum absolute atomic E-state index is 0.376. The first kappa shape index (κ1) is 12.1. The minimum Gasteiger partial charge on any atom is -0.481 e. The maximum absolute atomic E-state index is 10.8. The van der Waals surface area contributed by atoms with Crippen LogP contribution in [0.4, 0.5) is 5.69 Å². The van der Waals surface area contributed by atoms with Crippen molar-refractivity contribution in [3.05, 3.63) is 29.8 Å². The van der Waals surface area contributed by atoms with Crippen LogP contribution in [0.1, 0.15) is 18.9 Å². The van der Waals surface area contributed by atoms with Crippen molar-refractivity contribution in [2.24, 2.45) is 5.92 Å². The van der Waals surface area contributed by atoms with E-state index in [0.29, 0.717) is 18.5 Å². The van der Waals surface area contributed by atoms with Gasteiger partial charge in [-0.25, -0.2) is 0 Å². The molecule has 1 unspecified atom stereocenters. The van der Waals surface area contributed by atoms with Crippen LogP contribution in [0.3, 0.4) is 0 Å². The zero-order valence-electron chi connectivity index (χ0n) is 9.10. The van der Waals surface area contributed by atoms with Gasteiger partial charge in [0.1, 0.15) is 0 Å². The second-order valence-corrected chi connectivity index (χ2v) is 3.52. The van der Waals surface area contributed by atoms with Crippen LogP contribution in [0.15, 0.2) is 24.3 Å². The van der Waals surface area contributed by atoms with E-state index in [1.54, 1.807) is 18.2 Å². The molecule has 0 saturated carbocycles. The molecule has 4 nitrogen and oxygen atoms in total. The highest BCUT2D eigenvalue weighted by Gasteiger charge is 2.14. The highest BCUT2D eigenvalue weighted by atomic mass is 16.4. The Morgan fingerprint density at radius 3 is 2.94 bits per heavy atom. The highest BCUT2D eigenvalue weighted by molar-refractivity contribution is 5.70. The lowest BCUT2D eigenvalue weighted by molar-refractivity contribution is -0.141. The number of carboxylic acids is 1. The molecule has 0 aliphatic heterocycles. The van der Waals surface area contributed by atoms with Gasteiger partial charge in [-0.2, -0.15) is 5.26 Å². The molecular weight excluding hydrogens is 204 g/mol. The van der Waals surface area contributed by atoms with Crippen LogP contribution in [-0.2, 0) is 4.79 Å². The van der Waals surface area contributed by atoms with E-state index < -0.39 is 11.9 Å². The molecule has 0 aliphatic rings. The number of hydrogen-bond acceptors (Lipinski definition) is 3. The van der Waals surface area contributed by atoms with Gasteiger partial charge in [0, 0.05) is 12.2 Å². The number of aliphatic carboxylic acids is 1. The molecule has 4 heteroatoms. The lowest BCUT2D eigenvalue weighted by Crippen LogP contribution is -2.22. The van der Waals surface area contributed by atoms with Gasteiger partial charge in [0.15, 0.2) is 0 Å². The summed E-state index contributed by atoms with van der Waals surface area (Å²) in [5.74, 6) is -1.20. The maximum Gasteiger partial charge on any atom is 0.308 e. The van der Waals surface area contributed by atoms with E-state index in [1.165, 1.54) is 0 Å². The Morgan fingerprint density at radius 1 is 1.62 bits per heavy atom. The number of hydrogen-bond donors (Lipinski definition) is 2. The zero-order valence-corrected chi connectivity index (χ0v) is 9.10. The summed E-state index contributed by atoms with van der Waals surface area (Å²) in [5.41, 5.74) is 1.34. The third-order valence-electron chi connectivity index (χ3n) is 2.39. The Bertz CT molecular complexity index is 410. The summed E-state index contributed by atoms with van der Waals surface area (Å²) in [4.78, 5) is 10.8. The molecule has 0 amide bonds. The average molecular weight is 218 g/mol. The van der Waals surface area contributed by atoms with E-state index in [4.69, 9.17) is 10.4 Å². The molecule has 0 heterocycles. The molecular formula is C12H14N2O2. The van der Waals surface area contributed by atoms with Gasteiger partial charge in [-0.1, -0.05) is 13.0 Å². The molecule has 0 saturated heterocycles. The number of benzene rings is 1. The van der Waals surface area contributed by atoms with Crippen molar-refractivity contribution in [2.45, 2.75) is 13.3 Å². The molecule has 84 valence electrons. The summed E-state index contributed by atoms with van der Waals surface area (Å²) in [6.45, 7) is 2.22. The van der Waals surface area contributed by atoms with E-state index in [9.17, 15) is 4.79 Å². The summed E-state index contributed by atoms with van der Waals surface area (Å²) in [6.07, 6.45) is 0.584. The average Bonchev–Trinajstić information content (AvgIpc) is 2.29. The van der Waals surface area contributed by atoms with Gasteiger partial charge in [-0.3, -0.25) is 4.79 Å². The van der Waals surface area contributed by atoms with Gasteiger partial charge in [-0.05, 0) is 24.6 Å². The Balaban J connectivity index is 2.60. The smallest absolute Gasteiger partial charge is 0.308 e. The molecule has 1 aromatic carbocycles. The molecule has 1 aromatic rings. The van der Waals surface area contributed by atoms with Crippen LogP contribution < -0.4 is 5.32 Å². The van der Waals surface area contributed by atoms with Crippen LogP contribution in [0, 0.1) is 17.2 Å². The van der Waals surface area contributed by atoms with Gasteiger partial charge < -0.3 is 10.4 Å². The molecule has 0 fully saturated rings. The summed E-state index contributed by atoms with van der Waals surface area (Å²) >= 11 is 0. The maximum atomic E-state index is 10.8. The predicted octanol–water partition coefficient (Wildman–Crippen LogP) is 2.08. The monoisotopic (exact) mass is 218 g/mol. The zero-order chi connectivity index (χ0) is 12.0. The van der Waals surface area contributed by atoms with Gasteiger partial charge in [0.25, 0.3) is 0 Å². The summed E-state index contributed by atoms with van der Waals surface area (Å²) in [5, 5.41) is 20.6. The fraction of sp³-hybridized carbons (Fsp3) is 0.333. The fourth-order valence-electron chi connectivity index (χ4n) is 1.35. The highest BCUT2D eigenvalue weighted by Crippen LogP contribution is 2.11. The first-order valence-corrected chi connectivity index (χ1v) is 5.14. The van der Waals surface area contributed by atoms with Crippen molar-refractivity contribution >= 4 is 11.7 Å². The Hall–Kier alpha value is -2.02. The summed E-state index contributed by atoms with van der Waals surface area (Å²) in [6, 6.07) is 9.03. The first-order valence-electron chi connectivity index (χ1n) is 5.14. The van der Waals surface area contributed by atoms with Crippen LogP contribution >= 0.6 is 0 Å². The Labute approximate surface area is 94.5 Å². The van der Waals surface area contributed by atoms with Gasteiger partial charge in [-0.15, -0.1) is 0 Å². The van der Waals surface area contributed by atoms with Crippen molar-refractivity contribution in [1.29, 1.82) is 5.26 Å². The molecule has 0 spiro atoms. The number of nitrogens with zero attached hydrogens (tertiary/aromatic N) is 1. The number of rotatable bonds is 5. The van der Waals surface area contributed by atoms with Gasteiger partial charge in [0.05, 0.1) is 17.6 Å². The van der Waals surface area contributed by atoms with E-state index >= 15 is 0 Å². The standard InChI is InChI=1S/C12H14N2O2/c1-2-10(12(15)16)8-14-11-5-3-4-9(6-11)7-13/h3-6,10,14H,2,8H2,1H3,(H,15,16). The summed E-state index contributed by atoms with van der Waals surface area (Å²) in [7, 11) is 0. The predicted molar refractivity (Wildman–Crippen MR) is 61.1 cm³/mol. The number of nitriles is 1. The van der Waals surface area contributed by atoms with E-state index in [1.807, 2.05) is 19.1 Å². The van der Waals surface area contributed by atoms with Gasteiger partial charge in [0.2, 0.25) is 0 Å². The van der Waals surface area contributed by atoms with Crippen LogP contribution in [0.2, 0.25) is 0 Å². The number of carbonyl (C=O) groups is 1. The largest absolute Gasteiger partial charge is 0.481 e. The second-order valence-electron chi connectivity index (χ2n) is 3.52. The third kappa shape index (κ3) is 3.28. The van der Waals surface area contributed by atoms with Crippen molar-refractivity contribution in [3.63, 3.8) is 0 Å². The SMILES string of the molecule is CCC(CNc1cccc(C#N)c1)C(=O)O. The van der Waals surface area contributed by atoms with Crippen LogP contribution in [0.25, 0.3) is 0 Å². The van der Waals surface area contributed by atoms with E-state index in [2.05, 4.69) is 5.32 Å². The minimum atomic E-state index is -0.800. The van der Waals surface area contributed by atoms with E-state index in [0.717, 1.165) is 5.69 Å². The van der Waals surface area contributed by atoms with Crippen molar-refractivity contribution < 1.29 is 9.90 Å². The molecule has 2 N–H and O–H groups in total. The Kier molecular flexibility index (Phi) is 4.34. The number of nitrogens with one attached hydrogen (secondary N) is 1. The topological polar surface area (TPSA) is 73.1 Å². The second kappa shape index (κ2) is 5.76. The number of anilines is 1. The number of carboxylic acid groups (broad SMARTS) is 1. The third-order valence-corrected chi connectivity index (χ3v) is 2.39.